The number of ether oxygens (including phenoxy) is 2. The van der Waals surface area contributed by atoms with E-state index in [1.807, 2.05) is 61.5 Å². The van der Waals surface area contributed by atoms with Gasteiger partial charge in [0.05, 0.1) is 37.9 Å². The Kier molecular flexibility index (Phi) is 6.15. The van der Waals surface area contributed by atoms with Gasteiger partial charge in [0.25, 0.3) is 5.56 Å². The van der Waals surface area contributed by atoms with E-state index in [-0.39, 0.29) is 11.7 Å². The summed E-state index contributed by atoms with van der Waals surface area (Å²) in [5, 5.41) is 0. The van der Waals surface area contributed by atoms with Crippen molar-refractivity contribution in [2.45, 2.75) is 39.0 Å². The van der Waals surface area contributed by atoms with Gasteiger partial charge in [-0.15, -0.1) is 0 Å². The Morgan fingerprint density at radius 3 is 2.64 bits per heavy atom. The average Bonchev–Trinajstić information content (AvgIpc) is 3.35. The third kappa shape index (κ3) is 4.38. The van der Waals surface area contributed by atoms with Gasteiger partial charge in [-0.3, -0.25) is 19.2 Å². The number of anilines is 2. The molecule has 33 heavy (non-hydrogen) atoms. The van der Waals surface area contributed by atoms with Crippen LogP contribution in [0.25, 0.3) is 0 Å². The molecular formula is C26H30N4O3. The largest absolute Gasteiger partial charge is 0.495 e. The van der Waals surface area contributed by atoms with Crippen LogP contribution >= 0.6 is 0 Å². The van der Waals surface area contributed by atoms with Crippen molar-refractivity contribution in [1.29, 1.82) is 0 Å². The third-order valence-corrected chi connectivity index (χ3v) is 6.46. The summed E-state index contributed by atoms with van der Waals surface area (Å²) >= 11 is 0. The highest BCUT2D eigenvalue weighted by Crippen LogP contribution is 2.35. The van der Waals surface area contributed by atoms with Gasteiger partial charge in [0, 0.05) is 25.1 Å². The van der Waals surface area contributed by atoms with E-state index in [1.54, 1.807) is 11.7 Å². The topological polar surface area (TPSA) is 59.8 Å². The molecule has 1 fully saturated rings. The van der Waals surface area contributed by atoms with Crippen LogP contribution in [0.15, 0.2) is 59.4 Å². The minimum atomic E-state index is 0.0123. The van der Waals surface area contributed by atoms with Crippen LogP contribution in [-0.2, 0) is 17.8 Å². The summed E-state index contributed by atoms with van der Waals surface area (Å²) in [6.45, 7) is 4.63. The van der Waals surface area contributed by atoms with Crippen molar-refractivity contribution in [2.75, 3.05) is 31.8 Å². The monoisotopic (exact) mass is 446 g/mol. The molecule has 0 aliphatic carbocycles. The number of rotatable bonds is 6. The summed E-state index contributed by atoms with van der Waals surface area (Å²) in [6.07, 6.45) is 2.91. The van der Waals surface area contributed by atoms with Gasteiger partial charge in [0.2, 0.25) is 5.95 Å². The molecular weight excluding hydrogens is 416 g/mol. The molecule has 1 atom stereocenters. The number of hydrogen-bond acceptors (Lipinski definition) is 6. The molecule has 0 bridgehead atoms. The zero-order valence-corrected chi connectivity index (χ0v) is 19.2. The van der Waals surface area contributed by atoms with Crippen molar-refractivity contribution in [3.05, 3.63) is 81.8 Å². The minimum absolute atomic E-state index is 0.0123. The number of fused-ring (bicyclic) bond motifs is 1. The number of aromatic nitrogens is 2. The van der Waals surface area contributed by atoms with Gasteiger partial charge >= 0.3 is 0 Å². The molecule has 0 spiro atoms. The molecule has 2 aliphatic rings. The maximum absolute atomic E-state index is 13.8. The van der Waals surface area contributed by atoms with Crippen LogP contribution in [0.3, 0.4) is 0 Å². The lowest BCUT2D eigenvalue weighted by Crippen LogP contribution is -2.50. The first-order valence-corrected chi connectivity index (χ1v) is 11.5. The van der Waals surface area contributed by atoms with Crippen molar-refractivity contribution >= 4 is 11.6 Å². The molecule has 3 aromatic rings. The van der Waals surface area contributed by atoms with E-state index < -0.39 is 0 Å². The standard InChI is InChI=1S/C26H30N4O3/c1-19-22(15-20-9-4-3-5-10-20)25(31)30-18-28(16-21-11-8-14-33-21)17-29(26(30)27-19)23-12-6-7-13-24(23)32-2/h3-7,9-10,12-13,21H,8,11,14-18H2,1-2H3/t21-/m1/s1. The van der Waals surface area contributed by atoms with Crippen molar-refractivity contribution in [3.63, 3.8) is 0 Å². The van der Waals surface area contributed by atoms with Gasteiger partial charge in [0.1, 0.15) is 5.75 Å². The molecule has 0 N–H and O–H groups in total. The number of para-hydroxylation sites is 2. The number of hydrogen-bond donors (Lipinski definition) is 0. The van der Waals surface area contributed by atoms with Gasteiger partial charge in [-0.05, 0) is 37.5 Å². The lowest BCUT2D eigenvalue weighted by molar-refractivity contribution is 0.0583. The molecule has 0 amide bonds. The Hall–Kier alpha value is -3.16. The van der Waals surface area contributed by atoms with Crippen LogP contribution < -0.4 is 15.2 Å². The second kappa shape index (κ2) is 9.37. The molecule has 0 saturated carbocycles. The molecule has 0 radical (unpaired) electrons. The Morgan fingerprint density at radius 2 is 1.88 bits per heavy atom. The summed E-state index contributed by atoms with van der Waals surface area (Å²) in [6, 6.07) is 18.0. The molecule has 0 unspecified atom stereocenters. The maximum Gasteiger partial charge on any atom is 0.259 e. The Morgan fingerprint density at radius 1 is 1.09 bits per heavy atom. The molecule has 1 aromatic heterocycles. The van der Waals surface area contributed by atoms with Crippen molar-refractivity contribution < 1.29 is 9.47 Å². The van der Waals surface area contributed by atoms with E-state index in [2.05, 4.69) is 9.80 Å². The second-order valence-corrected chi connectivity index (χ2v) is 8.74. The fraction of sp³-hybridized carbons (Fsp3) is 0.385. The minimum Gasteiger partial charge on any atom is -0.495 e. The molecule has 7 heteroatoms. The fourth-order valence-corrected chi connectivity index (χ4v) is 4.76. The molecule has 7 nitrogen and oxygen atoms in total. The van der Waals surface area contributed by atoms with Gasteiger partial charge in [-0.2, -0.15) is 0 Å². The molecule has 2 aliphatic heterocycles. The average molecular weight is 447 g/mol. The van der Waals surface area contributed by atoms with E-state index in [0.29, 0.717) is 25.7 Å². The van der Waals surface area contributed by atoms with E-state index in [9.17, 15) is 4.79 Å². The summed E-state index contributed by atoms with van der Waals surface area (Å²) in [5.74, 6) is 1.41. The predicted molar refractivity (Wildman–Crippen MR) is 128 cm³/mol. The highest BCUT2D eigenvalue weighted by molar-refractivity contribution is 5.66. The van der Waals surface area contributed by atoms with Crippen molar-refractivity contribution in [2.24, 2.45) is 0 Å². The smallest absolute Gasteiger partial charge is 0.259 e. The SMILES string of the molecule is COc1ccccc1N1CN(C[C@H]2CCCO2)Cn2c1nc(C)c(Cc1ccccc1)c2=O. The van der Waals surface area contributed by atoms with E-state index in [1.165, 1.54) is 0 Å². The highest BCUT2D eigenvalue weighted by Gasteiger charge is 2.31. The van der Waals surface area contributed by atoms with Crippen LogP contribution in [0.1, 0.15) is 29.7 Å². The van der Waals surface area contributed by atoms with Crippen LogP contribution in [0.2, 0.25) is 0 Å². The lowest BCUT2D eigenvalue weighted by Gasteiger charge is -2.39. The Labute approximate surface area is 194 Å². The number of benzene rings is 2. The summed E-state index contributed by atoms with van der Waals surface area (Å²) < 4.78 is 13.3. The normalized spacial score (nSPS) is 18.4. The molecule has 1 saturated heterocycles. The molecule has 2 aromatic carbocycles. The van der Waals surface area contributed by atoms with Gasteiger partial charge in [-0.25, -0.2) is 4.98 Å². The Balaban J connectivity index is 1.58. The van der Waals surface area contributed by atoms with Crippen LogP contribution in [-0.4, -0.2) is 47.5 Å². The quantitative estimate of drug-likeness (QED) is 0.576. The maximum atomic E-state index is 13.8. The predicted octanol–water partition coefficient (Wildman–Crippen LogP) is 3.70. The third-order valence-electron chi connectivity index (χ3n) is 6.46. The van der Waals surface area contributed by atoms with Crippen LogP contribution in [0.5, 0.6) is 5.75 Å². The zero-order valence-electron chi connectivity index (χ0n) is 19.2. The lowest BCUT2D eigenvalue weighted by atomic mass is 10.1. The first-order valence-electron chi connectivity index (χ1n) is 11.5. The number of aryl methyl sites for hydroxylation is 1. The highest BCUT2D eigenvalue weighted by atomic mass is 16.5. The van der Waals surface area contributed by atoms with Gasteiger partial charge in [0.15, 0.2) is 0 Å². The van der Waals surface area contributed by atoms with Crippen molar-refractivity contribution in [1.82, 2.24) is 14.5 Å². The van der Waals surface area contributed by atoms with E-state index in [4.69, 9.17) is 14.5 Å². The van der Waals surface area contributed by atoms with Crippen LogP contribution in [0.4, 0.5) is 11.6 Å². The molecule has 5 rings (SSSR count). The van der Waals surface area contributed by atoms with Gasteiger partial charge in [-0.1, -0.05) is 42.5 Å². The summed E-state index contributed by atoms with van der Waals surface area (Å²) in [5.41, 5.74) is 3.52. The summed E-state index contributed by atoms with van der Waals surface area (Å²) in [4.78, 5) is 23.1. The first-order chi connectivity index (χ1) is 16.1. The number of nitrogens with zero attached hydrogens (tertiary/aromatic N) is 4. The Bertz CT molecular complexity index is 1170. The first kappa shape index (κ1) is 21.7. The fourth-order valence-electron chi connectivity index (χ4n) is 4.76. The van der Waals surface area contributed by atoms with E-state index in [0.717, 1.165) is 54.3 Å². The van der Waals surface area contributed by atoms with Crippen LogP contribution in [0, 0.1) is 6.92 Å². The molecule has 172 valence electrons. The second-order valence-electron chi connectivity index (χ2n) is 8.74. The van der Waals surface area contributed by atoms with Gasteiger partial charge < -0.3 is 9.47 Å². The van der Waals surface area contributed by atoms with E-state index >= 15 is 0 Å². The summed E-state index contributed by atoms with van der Waals surface area (Å²) in [7, 11) is 1.67. The number of methoxy groups -OCH3 is 1. The van der Waals surface area contributed by atoms with Crippen molar-refractivity contribution in [3.8, 4) is 5.75 Å². The molecule has 3 heterocycles. The zero-order chi connectivity index (χ0) is 22.8.